The number of hydrogen-bond donors (Lipinski definition) is 1. The molecule has 25 heavy (non-hydrogen) atoms. The van der Waals surface area contributed by atoms with Gasteiger partial charge in [-0.05, 0) is 31.5 Å². The first-order chi connectivity index (χ1) is 12.0. The Morgan fingerprint density at radius 2 is 1.92 bits per heavy atom. The Morgan fingerprint density at radius 3 is 2.56 bits per heavy atom. The number of imidazole rings is 1. The van der Waals surface area contributed by atoms with Crippen LogP contribution in [0.1, 0.15) is 27.4 Å². The SMILES string of the molecule is Cc1cc(=O)c(C(=O)NCc2ccc(-n3ccnc3C)cc2)cn1C. The van der Waals surface area contributed by atoms with Gasteiger partial charge in [-0.15, -0.1) is 0 Å². The highest BCUT2D eigenvalue weighted by Crippen LogP contribution is 2.11. The van der Waals surface area contributed by atoms with E-state index in [4.69, 9.17) is 0 Å². The van der Waals surface area contributed by atoms with Crippen LogP contribution in [0.5, 0.6) is 0 Å². The maximum Gasteiger partial charge on any atom is 0.257 e. The van der Waals surface area contributed by atoms with E-state index >= 15 is 0 Å². The van der Waals surface area contributed by atoms with E-state index in [1.165, 1.54) is 6.07 Å². The van der Waals surface area contributed by atoms with Crippen molar-refractivity contribution in [1.82, 2.24) is 19.4 Å². The van der Waals surface area contributed by atoms with E-state index in [0.29, 0.717) is 6.54 Å². The summed E-state index contributed by atoms with van der Waals surface area (Å²) in [6.45, 7) is 4.13. The number of aromatic nitrogens is 3. The smallest absolute Gasteiger partial charge is 0.257 e. The van der Waals surface area contributed by atoms with E-state index in [1.807, 2.05) is 55.9 Å². The Balaban J connectivity index is 1.70. The first-order valence-corrected chi connectivity index (χ1v) is 8.00. The first-order valence-electron chi connectivity index (χ1n) is 8.00. The quantitative estimate of drug-likeness (QED) is 0.793. The number of nitrogens with zero attached hydrogens (tertiary/aromatic N) is 3. The number of aryl methyl sites for hydroxylation is 3. The fraction of sp³-hybridized carbons (Fsp3) is 0.211. The third-order valence-corrected chi connectivity index (χ3v) is 4.22. The van der Waals surface area contributed by atoms with E-state index in [2.05, 4.69) is 10.3 Å². The average Bonchev–Trinajstić information content (AvgIpc) is 3.02. The van der Waals surface area contributed by atoms with E-state index in [-0.39, 0.29) is 16.9 Å². The molecule has 0 aliphatic carbocycles. The molecule has 0 unspecified atom stereocenters. The van der Waals surface area contributed by atoms with Crippen LogP contribution in [0.3, 0.4) is 0 Å². The molecule has 3 aromatic rings. The van der Waals surface area contributed by atoms with E-state index < -0.39 is 0 Å². The second-order valence-corrected chi connectivity index (χ2v) is 6.00. The molecule has 0 aliphatic heterocycles. The van der Waals surface area contributed by atoms with Crippen molar-refractivity contribution in [2.24, 2.45) is 7.05 Å². The van der Waals surface area contributed by atoms with Crippen molar-refractivity contribution >= 4 is 5.91 Å². The van der Waals surface area contributed by atoms with Crippen LogP contribution in [0.4, 0.5) is 0 Å². The first kappa shape index (κ1) is 16.7. The maximum atomic E-state index is 12.3. The van der Waals surface area contributed by atoms with Crippen molar-refractivity contribution < 1.29 is 4.79 Å². The third kappa shape index (κ3) is 3.52. The summed E-state index contributed by atoms with van der Waals surface area (Å²) in [5.41, 5.74) is 2.67. The van der Waals surface area contributed by atoms with Crippen LogP contribution >= 0.6 is 0 Å². The minimum absolute atomic E-state index is 0.152. The summed E-state index contributed by atoms with van der Waals surface area (Å²) in [4.78, 5) is 28.4. The van der Waals surface area contributed by atoms with Gasteiger partial charge in [0.15, 0.2) is 5.43 Å². The number of rotatable bonds is 4. The summed E-state index contributed by atoms with van der Waals surface area (Å²) in [5, 5.41) is 2.80. The summed E-state index contributed by atoms with van der Waals surface area (Å²) in [6, 6.07) is 9.31. The predicted octanol–water partition coefficient (Wildman–Crippen LogP) is 2.12. The van der Waals surface area contributed by atoms with Crippen molar-refractivity contribution in [2.45, 2.75) is 20.4 Å². The Morgan fingerprint density at radius 1 is 1.20 bits per heavy atom. The van der Waals surface area contributed by atoms with Crippen LogP contribution in [0.2, 0.25) is 0 Å². The molecule has 6 nitrogen and oxygen atoms in total. The largest absolute Gasteiger partial charge is 0.354 e. The van der Waals surface area contributed by atoms with Gasteiger partial charge in [-0.25, -0.2) is 4.98 Å². The number of carbonyl (C=O) groups excluding carboxylic acids is 1. The number of amides is 1. The van der Waals surface area contributed by atoms with Crippen LogP contribution in [-0.2, 0) is 13.6 Å². The normalized spacial score (nSPS) is 10.7. The van der Waals surface area contributed by atoms with Gasteiger partial charge in [0, 0.05) is 49.6 Å². The zero-order valence-corrected chi connectivity index (χ0v) is 14.5. The Hall–Kier alpha value is -3.15. The van der Waals surface area contributed by atoms with Gasteiger partial charge >= 0.3 is 0 Å². The molecular formula is C19H20N4O2. The average molecular weight is 336 g/mol. The van der Waals surface area contributed by atoms with Crippen molar-refractivity contribution in [1.29, 1.82) is 0 Å². The lowest BCUT2D eigenvalue weighted by Crippen LogP contribution is -2.29. The molecule has 0 bridgehead atoms. The molecule has 0 fully saturated rings. The molecule has 0 radical (unpaired) electrons. The second kappa shape index (κ2) is 6.76. The standard InChI is InChI=1S/C19H20N4O2/c1-13-10-18(24)17(12-22(13)3)19(25)21-11-15-4-6-16(7-5-15)23-9-8-20-14(23)2/h4-10,12H,11H2,1-3H3,(H,21,25). The highest BCUT2D eigenvalue weighted by molar-refractivity contribution is 5.93. The predicted molar refractivity (Wildman–Crippen MR) is 95.9 cm³/mol. The summed E-state index contributed by atoms with van der Waals surface area (Å²) < 4.78 is 3.75. The molecule has 1 N–H and O–H groups in total. The fourth-order valence-corrected chi connectivity index (χ4v) is 2.60. The Kier molecular flexibility index (Phi) is 4.52. The number of carbonyl (C=O) groups is 1. The van der Waals surface area contributed by atoms with Crippen molar-refractivity contribution in [2.75, 3.05) is 0 Å². The molecule has 2 heterocycles. The van der Waals surface area contributed by atoms with Crippen LogP contribution in [0, 0.1) is 13.8 Å². The van der Waals surface area contributed by atoms with Crippen molar-refractivity contribution in [3.05, 3.63) is 81.8 Å². The van der Waals surface area contributed by atoms with Gasteiger partial charge in [-0.3, -0.25) is 9.59 Å². The van der Waals surface area contributed by atoms with E-state index in [0.717, 1.165) is 22.8 Å². The zero-order chi connectivity index (χ0) is 18.0. The summed E-state index contributed by atoms with van der Waals surface area (Å²) in [7, 11) is 1.81. The minimum atomic E-state index is -0.366. The minimum Gasteiger partial charge on any atom is -0.354 e. The van der Waals surface area contributed by atoms with Gasteiger partial charge in [-0.1, -0.05) is 12.1 Å². The topological polar surface area (TPSA) is 68.9 Å². The summed E-state index contributed by atoms with van der Waals surface area (Å²) >= 11 is 0. The lowest BCUT2D eigenvalue weighted by molar-refractivity contribution is 0.0949. The van der Waals surface area contributed by atoms with Gasteiger partial charge in [0.05, 0.1) is 0 Å². The summed E-state index contributed by atoms with van der Waals surface area (Å²) in [6.07, 6.45) is 5.22. The monoisotopic (exact) mass is 336 g/mol. The second-order valence-electron chi connectivity index (χ2n) is 6.00. The number of hydrogen-bond acceptors (Lipinski definition) is 3. The molecule has 3 rings (SSSR count). The van der Waals surface area contributed by atoms with E-state index in [1.54, 1.807) is 17.0 Å². The molecule has 0 saturated carbocycles. The summed E-state index contributed by atoms with van der Waals surface area (Å²) in [5.74, 6) is 0.548. The molecule has 2 aromatic heterocycles. The van der Waals surface area contributed by atoms with Gasteiger partial charge in [0.25, 0.3) is 5.91 Å². The number of pyridine rings is 1. The molecule has 0 saturated heterocycles. The van der Waals surface area contributed by atoms with E-state index in [9.17, 15) is 9.59 Å². The van der Waals surface area contributed by atoms with Gasteiger partial charge in [-0.2, -0.15) is 0 Å². The molecule has 0 aliphatic rings. The molecular weight excluding hydrogens is 316 g/mol. The van der Waals surface area contributed by atoms with Gasteiger partial charge in [0.2, 0.25) is 0 Å². The van der Waals surface area contributed by atoms with Crippen molar-refractivity contribution in [3.63, 3.8) is 0 Å². The van der Waals surface area contributed by atoms with Gasteiger partial charge in [0.1, 0.15) is 11.4 Å². The molecule has 1 aromatic carbocycles. The Labute approximate surface area is 145 Å². The third-order valence-electron chi connectivity index (χ3n) is 4.22. The van der Waals surface area contributed by atoms with Crippen LogP contribution in [-0.4, -0.2) is 20.0 Å². The maximum absolute atomic E-state index is 12.3. The van der Waals surface area contributed by atoms with Gasteiger partial charge < -0.3 is 14.5 Å². The van der Waals surface area contributed by atoms with Crippen LogP contribution in [0.15, 0.2) is 53.7 Å². The fourth-order valence-electron chi connectivity index (χ4n) is 2.60. The molecule has 0 spiro atoms. The lowest BCUT2D eigenvalue weighted by atomic mass is 10.2. The highest BCUT2D eigenvalue weighted by atomic mass is 16.2. The number of benzene rings is 1. The zero-order valence-electron chi connectivity index (χ0n) is 14.5. The number of nitrogens with one attached hydrogen (secondary N) is 1. The van der Waals surface area contributed by atoms with Crippen LogP contribution < -0.4 is 10.7 Å². The highest BCUT2D eigenvalue weighted by Gasteiger charge is 2.11. The lowest BCUT2D eigenvalue weighted by Gasteiger charge is -2.09. The molecule has 128 valence electrons. The Bertz CT molecular complexity index is 968. The van der Waals surface area contributed by atoms with Crippen molar-refractivity contribution in [3.8, 4) is 5.69 Å². The molecule has 0 atom stereocenters. The van der Waals surface area contributed by atoms with Crippen LogP contribution in [0.25, 0.3) is 5.69 Å². The molecule has 1 amide bonds. The molecule has 6 heteroatoms.